The Kier molecular flexibility index (Phi) is 5.33. The molecule has 1 heterocycles. The number of aromatic amines is 1. The summed E-state index contributed by atoms with van der Waals surface area (Å²) in [6.07, 6.45) is 1.17. The molecular weight excluding hydrogens is 232 g/mol. The zero-order valence-electron chi connectivity index (χ0n) is 11.5. The van der Waals surface area contributed by atoms with E-state index in [0.717, 1.165) is 23.7 Å². The van der Waals surface area contributed by atoms with Crippen molar-refractivity contribution in [1.82, 2.24) is 19.7 Å². The van der Waals surface area contributed by atoms with Crippen molar-refractivity contribution in [2.24, 2.45) is 0 Å². The van der Waals surface area contributed by atoms with Crippen molar-refractivity contribution in [1.29, 1.82) is 0 Å². The van der Waals surface area contributed by atoms with Crippen LogP contribution in [0.3, 0.4) is 0 Å². The Bertz CT molecular complexity index is 393. The highest BCUT2D eigenvalue weighted by Crippen LogP contribution is 2.11. The van der Waals surface area contributed by atoms with E-state index in [4.69, 9.17) is 12.2 Å². The molecule has 1 rings (SSSR count). The van der Waals surface area contributed by atoms with Crippen molar-refractivity contribution in [3.05, 3.63) is 10.6 Å². The Morgan fingerprint density at radius 1 is 1.41 bits per heavy atom. The average Bonchev–Trinajstić information content (AvgIpc) is 2.66. The molecule has 4 nitrogen and oxygen atoms in total. The molecule has 0 aliphatic carbocycles. The van der Waals surface area contributed by atoms with E-state index in [9.17, 15) is 0 Å². The van der Waals surface area contributed by atoms with Crippen molar-refractivity contribution in [3.63, 3.8) is 0 Å². The predicted molar refractivity (Wildman–Crippen MR) is 73.9 cm³/mol. The molecular formula is C12H24N4S. The number of nitrogens with zero attached hydrogens (tertiary/aromatic N) is 3. The molecule has 0 amide bonds. The summed E-state index contributed by atoms with van der Waals surface area (Å²) in [5, 5.41) is 7.17. The fraction of sp³-hybridized carbons (Fsp3) is 0.833. The molecule has 1 aromatic heterocycles. The highest BCUT2D eigenvalue weighted by Gasteiger charge is 2.12. The van der Waals surface area contributed by atoms with Gasteiger partial charge >= 0.3 is 0 Å². The van der Waals surface area contributed by atoms with Crippen LogP contribution in [0.25, 0.3) is 0 Å². The molecule has 0 aromatic carbocycles. The molecule has 1 aromatic rings. The molecule has 1 unspecified atom stereocenters. The number of rotatable bonds is 6. The summed E-state index contributed by atoms with van der Waals surface area (Å²) in [6.45, 7) is 10.6. The van der Waals surface area contributed by atoms with Gasteiger partial charge in [0.05, 0.1) is 0 Å². The summed E-state index contributed by atoms with van der Waals surface area (Å²) in [6, 6.07) is 0.610. The van der Waals surface area contributed by atoms with Crippen LogP contribution in [0.4, 0.5) is 0 Å². The number of likely N-dealkylation sites (N-methyl/N-ethyl adjacent to an activating group) is 1. The monoisotopic (exact) mass is 256 g/mol. The van der Waals surface area contributed by atoms with Crippen LogP contribution < -0.4 is 0 Å². The third kappa shape index (κ3) is 3.64. The quantitative estimate of drug-likeness (QED) is 0.795. The summed E-state index contributed by atoms with van der Waals surface area (Å²) in [7, 11) is 2.16. The van der Waals surface area contributed by atoms with Crippen molar-refractivity contribution >= 4 is 12.2 Å². The zero-order valence-corrected chi connectivity index (χ0v) is 12.3. The molecule has 0 spiro atoms. The highest BCUT2D eigenvalue weighted by molar-refractivity contribution is 7.71. The van der Waals surface area contributed by atoms with Crippen LogP contribution in [0.5, 0.6) is 0 Å². The third-order valence-corrected chi connectivity index (χ3v) is 3.64. The Morgan fingerprint density at radius 2 is 2.06 bits per heavy atom. The van der Waals surface area contributed by atoms with Gasteiger partial charge in [0.15, 0.2) is 4.77 Å². The summed E-state index contributed by atoms with van der Waals surface area (Å²) in [5.41, 5.74) is 0. The molecule has 0 fully saturated rings. The van der Waals surface area contributed by atoms with E-state index in [1.807, 2.05) is 0 Å². The number of hydrogen-bond acceptors (Lipinski definition) is 3. The average molecular weight is 256 g/mol. The van der Waals surface area contributed by atoms with Gasteiger partial charge in [-0.2, -0.15) is 5.10 Å². The van der Waals surface area contributed by atoms with E-state index < -0.39 is 0 Å². The van der Waals surface area contributed by atoms with Gasteiger partial charge in [-0.25, -0.2) is 0 Å². The summed E-state index contributed by atoms with van der Waals surface area (Å²) < 4.78 is 2.84. The highest BCUT2D eigenvalue weighted by atomic mass is 32.1. The van der Waals surface area contributed by atoms with Gasteiger partial charge in [0, 0.05) is 25.0 Å². The van der Waals surface area contributed by atoms with E-state index >= 15 is 0 Å². The maximum absolute atomic E-state index is 5.26. The fourth-order valence-corrected chi connectivity index (χ4v) is 2.01. The molecule has 0 bridgehead atoms. The lowest BCUT2D eigenvalue weighted by Crippen LogP contribution is -2.31. The minimum Gasteiger partial charge on any atom is -0.303 e. The van der Waals surface area contributed by atoms with E-state index in [-0.39, 0.29) is 0 Å². The molecule has 0 radical (unpaired) electrons. The SMILES string of the molecule is CCC(C)N(C)CCn1c(C(C)C)n[nH]c1=S. The van der Waals surface area contributed by atoms with Crippen molar-refractivity contribution in [2.75, 3.05) is 13.6 Å². The third-order valence-electron chi connectivity index (χ3n) is 3.32. The van der Waals surface area contributed by atoms with Crippen molar-refractivity contribution in [3.8, 4) is 0 Å². The van der Waals surface area contributed by atoms with Crippen LogP contribution in [0.2, 0.25) is 0 Å². The fourth-order valence-electron chi connectivity index (χ4n) is 1.78. The zero-order chi connectivity index (χ0) is 13.0. The summed E-state index contributed by atoms with van der Waals surface area (Å²) in [5.74, 6) is 1.45. The van der Waals surface area contributed by atoms with Gasteiger partial charge in [-0.15, -0.1) is 0 Å². The van der Waals surface area contributed by atoms with Crippen LogP contribution in [0, 0.1) is 4.77 Å². The molecule has 5 heteroatoms. The first-order valence-electron chi connectivity index (χ1n) is 6.32. The second-order valence-corrected chi connectivity index (χ2v) is 5.32. The van der Waals surface area contributed by atoms with Crippen LogP contribution in [0.15, 0.2) is 0 Å². The standard InChI is InChI=1S/C12H24N4S/c1-6-10(4)15(5)7-8-16-11(9(2)3)13-14-12(16)17/h9-10H,6-8H2,1-5H3,(H,14,17). The van der Waals surface area contributed by atoms with Crippen LogP contribution in [-0.4, -0.2) is 39.3 Å². The van der Waals surface area contributed by atoms with E-state index in [1.54, 1.807) is 0 Å². The molecule has 1 atom stereocenters. The Labute approximate surface area is 109 Å². The molecule has 0 saturated heterocycles. The van der Waals surface area contributed by atoms with Crippen LogP contribution >= 0.6 is 12.2 Å². The van der Waals surface area contributed by atoms with Gasteiger partial charge in [0.1, 0.15) is 5.82 Å². The van der Waals surface area contributed by atoms with E-state index in [0.29, 0.717) is 12.0 Å². The van der Waals surface area contributed by atoms with E-state index in [2.05, 4.69) is 54.4 Å². The van der Waals surface area contributed by atoms with Gasteiger partial charge < -0.3 is 9.47 Å². The first kappa shape index (κ1) is 14.4. The van der Waals surface area contributed by atoms with Crippen LogP contribution in [-0.2, 0) is 6.54 Å². The number of hydrogen-bond donors (Lipinski definition) is 1. The Morgan fingerprint density at radius 3 is 2.59 bits per heavy atom. The first-order chi connectivity index (χ1) is 7.97. The largest absolute Gasteiger partial charge is 0.303 e. The van der Waals surface area contributed by atoms with Gasteiger partial charge in [0.25, 0.3) is 0 Å². The summed E-state index contributed by atoms with van der Waals surface area (Å²) >= 11 is 5.26. The van der Waals surface area contributed by atoms with Gasteiger partial charge in [-0.1, -0.05) is 20.8 Å². The lowest BCUT2D eigenvalue weighted by Gasteiger charge is -2.23. The van der Waals surface area contributed by atoms with Gasteiger partial charge in [-0.3, -0.25) is 5.10 Å². The molecule has 0 aliphatic rings. The lowest BCUT2D eigenvalue weighted by atomic mass is 10.2. The second-order valence-electron chi connectivity index (χ2n) is 4.93. The van der Waals surface area contributed by atoms with Gasteiger partial charge in [0.2, 0.25) is 0 Å². The maximum Gasteiger partial charge on any atom is 0.195 e. The maximum atomic E-state index is 5.26. The summed E-state index contributed by atoms with van der Waals surface area (Å²) in [4.78, 5) is 2.36. The van der Waals surface area contributed by atoms with Crippen molar-refractivity contribution in [2.45, 2.75) is 52.6 Å². The minimum absolute atomic E-state index is 0.400. The predicted octanol–water partition coefficient (Wildman–Crippen LogP) is 2.79. The van der Waals surface area contributed by atoms with Crippen LogP contribution in [0.1, 0.15) is 45.9 Å². The minimum atomic E-state index is 0.400. The Hall–Kier alpha value is -0.680. The second kappa shape index (κ2) is 6.31. The van der Waals surface area contributed by atoms with Crippen molar-refractivity contribution < 1.29 is 0 Å². The number of aromatic nitrogens is 3. The van der Waals surface area contributed by atoms with Gasteiger partial charge in [-0.05, 0) is 32.6 Å². The molecule has 17 heavy (non-hydrogen) atoms. The smallest absolute Gasteiger partial charge is 0.195 e. The first-order valence-corrected chi connectivity index (χ1v) is 6.73. The number of nitrogens with one attached hydrogen (secondary N) is 1. The molecule has 1 N–H and O–H groups in total. The number of H-pyrrole nitrogens is 1. The molecule has 0 saturated carbocycles. The molecule has 0 aliphatic heterocycles. The van der Waals surface area contributed by atoms with E-state index in [1.165, 1.54) is 6.42 Å². The Balaban J connectivity index is 2.69. The molecule has 98 valence electrons. The lowest BCUT2D eigenvalue weighted by molar-refractivity contribution is 0.241. The normalized spacial score (nSPS) is 13.6. The topological polar surface area (TPSA) is 36.9 Å².